The smallest absolute Gasteiger partial charge is 0.288 e. The molecule has 0 radical (unpaired) electrons. The average molecular weight is 307 g/mol. The van der Waals surface area contributed by atoms with E-state index in [1.165, 1.54) is 29.2 Å². The maximum atomic E-state index is 12.0. The molecule has 0 aliphatic rings. The zero-order valence-corrected chi connectivity index (χ0v) is 12.1. The van der Waals surface area contributed by atoms with Gasteiger partial charge in [-0.15, -0.1) is 13.2 Å². The van der Waals surface area contributed by atoms with Crippen molar-refractivity contribution in [3.8, 4) is 0 Å². The summed E-state index contributed by atoms with van der Waals surface area (Å²) in [5.41, 5.74) is 0.330. The predicted octanol–water partition coefficient (Wildman–Crippen LogP) is 3.46. The van der Waals surface area contributed by atoms with Crippen LogP contribution >= 0.6 is 11.6 Å². The molecule has 0 unspecified atom stereocenters. The molecule has 1 rings (SSSR count). The first kappa shape index (κ1) is 16.7. The molecule has 5 nitrogen and oxygen atoms in total. The summed E-state index contributed by atoms with van der Waals surface area (Å²) in [5.74, 6) is -0.229. The summed E-state index contributed by atoms with van der Waals surface area (Å²) in [6.07, 6.45) is 6.08. The van der Waals surface area contributed by atoms with Gasteiger partial charge in [-0.3, -0.25) is 14.9 Å². The molecule has 0 spiro atoms. The van der Waals surface area contributed by atoms with Crippen molar-refractivity contribution >= 4 is 29.3 Å². The lowest BCUT2D eigenvalue weighted by Crippen LogP contribution is -2.29. The van der Waals surface area contributed by atoms with E-state index in [9.17, 15) is 14.9 Å². The molecule has 0 aromatic heterocycles. The van der Waals surface area contributed by atoms with Gasteiger partial charge in [-0.25, -0.2) is 0 Å². The minimum atomic E-state index is -0.566. The van der Waals surface area contributed by atoms with Crippen LogP contribution in [0, 0.1) is 10.1 Å². The molecule has 0 bridgehead atoms. The molecule has 0 saturated carbocycles. The van der Waals surface area contributed by atoms with E-state index < -0.39 is 4.92 Å². The number of benzene rings is 1. The third kappa shape index (κ3) is 4.89. The molecule has 0 aliphatic heterocycles. The molecule has 0 saturated heterocycles. The lowest BCUT2D eigenvalue weighted by Gasteiger charge is -2.16. The first-order valence-electron chi connectivity index (χ1n) is 6.12. The Morgan fingerprint density at radius 2 is 1.95 bits per heavy atom. The summed E-state index contributed by atoms with van der Waals surface area (Å²) >= 11 is 5.72. The van der Waals surface area contributed by atoms with Crippen LogP contribution in [0.4, 0.5) is 5.69 Å². The van der Waals surface area contributed by atoms with Crippen molar-refractivity contribution in [1.82, 2.24) is 4.90 Å². The first-order valence-corrected chi connectivity index (χ1v) is 6.50. The fraction of sp³-hybridized carbons (Fsp3) is 0.133. The Morgan fingerprint density at radius 1 is 1.33 bits per heavy atom. The Labute approximate surface area is 128 Å². The van der Waals surface area contributed by atoms with E-state index in [1.807, 2.05) is 0 Å². The predicted molar refractivity (Wildman–Crippen MR) is 84.1 cm³/mol. The van der Waals surface area contributed by atoms with Crippen LogP contribution in [0.5, 0.6) is 0 Å². The van der Waals surface area contributed by atoms with Gasteiger partial charge in [-0.05, 0) is 17.7 Å². The highest BCUT2D eigenvalue weighted by Crippen LogP contribution is 2.25. The van der Waals surface area contributed by atoms with Crippen molar-refractivity contribution in [3.05, 3.63) is 70.3 Å². The quantitative estimate of drug-likeness (QED) is 0.335. The average Bonchev–Trinajstić information content (AvgIpc) is 2.45. The van der Waals surface area contributed by atoms with Gasteiger partial charge in [-0.1, -0.05) is 29.8 Å². The van der Waals surface area contributed by atoms with Gasteiger partial charge in [0, 0.05) is 25.2 Å². The van der Waals surface area contributed by atoms with Gasteiger partial charge in [0.25, 0.3) is 5.69 Å². The van der Waals surface area contributed by atoms with Crippen LogP contribution < -0.4 is 0 Å². The lowest BCUT2D eigenvalue weighted by atomic mass is 10.2. The van der Waals surface area contributed by atoms with E-state index in [0.29, 0.717) is 18.7 Å². The normalized spacial score (nSPS) is 10.3. The van der Waals surface area contributed by atoms with Gasteiger partial charge in [-0.2, -0.15) is 0 Å². The Balaban J connectivity index is 2.91. The Hall–Kier alpha value is -2.40. The molecule has 1 aromatic rings. The second-order valence-corrected chi connectivity index (χ2v) is 4.53. The second-order valence-electron chi connectivity index (χ2n) is 4.12. The molecule has 110 valence electrons. The van der Waals surface area contributed by atoms with Crippen molar-refractivity contribution in [1.29, 1.82) is 0 Å². The van der Waals surface area contributed by atoms with Crippen molar-refractivity contribution in [2.24, 2.45) is 0 Å². The van der Waals surface area contributed by atoms with Crippen LogP contribution in [0.15, 0.2) is 49.6 Å². The Morgan fingerprint density at radius 3 is 2.48 bits per heavy atom. The Bertz CT molecular complexity index is 587. The molecule has 0 aliphatic carbocycles. The number of carbonyl (C=O) groups excluding carboxylic acids is 1. The highest BCUT2D eigenvalue weighted by molar-refractivity contribution is 6.32. The molecule has 0 N–H and O–H groups in total. The molecular formula is C15H15ClN2O3. The summed E-state index contributed by atoms with van der Waals surface area (Å²) in [5, 5.41) is 10.8. The fourth-order valence-electron chi connectivity index (χ4n) is 1.61. The number of nitro groups is 1. The maximum Gasteiger partial charge on any atom is 0.288 e. The van der Waals surface area contributed by atoms with Gasteiger partial charge in [0.2, 0.25) is 5.91 Å². The zero-order valence-electron chi connectivity index (χ0n) is 11.4. The third-order valence-corrected chi connectivity index (χ3v) is 2.92. The topological polar surface area (TPSA) is 63.5 Å². The highest BCUT2D eigenvalue weighted by Gasteiger charge is 2.12. The number of nitro benzene ring substituents is 1. The number of nitrogens with zero attached hydrogens (tertiary/aromatic N) is 2. The number of rotatable bonds is 7. The second kappa shape index (κ2) is 8.01. The highest BCUT2D eigenvalue weighted by atomic mass is 35.5. The van der Waals surface area contributed by atoms with Crippen molar-refractivity contribution < 1.29 is 9.72 Å². The molecule has 1 amide bonds. The number of carbonyl (C=O) groups is 1. The van der Waals surface area contributed by atoms with E-state index in [0.717, 1.165) is 0 Å². The number of hydrogen-bond acceptors (Lipinski definition) is 3. The molecule has 21 heavy (non-hydrogen) atoms. The van der Waals surface area contributed by atoms with Gasteiger partial charge >= 0.3 is 0 Å². The van der Waals surface area contributed by atoms with E-state index in [1.54, 1.807) is 18.2 Å². The molecule has 0 fully saturated rings. The number of amides is 1. The van der Waals surface area contributed by atoms with E-state index in [2.05, 4.69) is 13.2 Å². The minimum absolute atomic E-state index is 0.0587. The lowest BCUT2D eigenvalue weighted by molar-refractivity contribution is -0.384. The summed E-state index contributed by atoms with van der Waals surface area (Å²) in [6, 6.07) is 4.34. The summed E-state index contributed by atoms with van der Waals surface area (Å²) in [7, 11) is 0. The van der Waals surface area contributed by atoms with Crippen LogP contribution in [0.3, 0.4) is 0 Å². The monoisotopic (exact) mass is 306 g/mol. The minimum Gasteiger partial charge on any atom is -0.332 e. The van der Waals surface area contributed by atoms with Gasteiger partial charge in [0.15, 0.2) is 0 Å². The summed E-state index contributed by atoms with van der Waals surface area (Å²) in [4.78, 5) is 23.7. The third-order valence-electron chi connectivity index (χ3n) is 2.60. The van der Waals surface area contributed by atoms with Crippen LogP contribution in [0.1, 0.15) is 5.56 Å². The molecule has 1 aromatic carbocycles. The van der Waals surface area contributed by atoms with Crippen LogP contribution in [-0.4, -0.2) is 28.8 Å². The molecule has 0 atom stereocenters. The van der Waals surface area contributed by atoms with Crippen LogP contribution in [-0.2, 0) is 4.79 Å². The molecule has 0 heterocycles. The van der Waals surface area contributed by atoms with Crippen LogP contribution in [0.25, 0.3) is 6.08 Å². The summed E-state index contributed by atoms with van der Waals surface area (Å²) in [6.45, 7) is 7.96. The fourth-order valence-corrected chi connectivity index (χ4v) is 1.80. The maximum absolute atomic E-state index is 12.0. The van der Waals surface area contributed by atoms with E-state index in [4.69, 9.17) is 11.6 Å². The summed E-state index contributed by atoms with van der Waals surface area (Å²) < 4.78 is 0. The zero-order chi connectivity index (χ0) is 15.8. The van der Waals surface area contributed by atoms with Gasteiger partial charge < -0.3 is 4.90 Å². The number of hydrogen-bond donors (Lipinski definition) is 0. The van der Waals surface area contributed by atoms with E-state index in [-0.39, 0.29) is 16.6 Å². The molecule has 6 heteroatoms. The van der Waals surface area contributed by atoms with E-state index >= 15 is 0 Å². The van der Waals surface area contributed by atoms with Crippen molar-refractivity contribution in [2.45, 2.75) is 0 Å². The van der Waals surface area contributed by atoms with Crippen molar-refractivity contribution in [2.75, 3.05) is 13.1 Å². The SMILES string of the molecule is C=CCN(CC=C)C(=O)/C=C/c1ccc(Cl)c([N+](=O)[O-])c1. The first-order chi connectivity index (χ1) is 9.99. The van der Waals surface area contributed by atoms with Crippen LogP contribution in [0.2, 0.25) is 5.02 Å². The van der Waals surface area contributed by atoms with Crippen molar-refractivity contribution in [3.63, 3.8) is 0 Å². The van der Waals surface area contributed by atoms with Gasteiger partial charge in [0.1, 0.15) is 5.02 Å². The number of halogens is 1. The standard InChI is InChI=1S/C15H15ClN2O3/c1-3-9-17(10-4-2)15(19)8-6-12-5-7-13(16)14(11-12)18(20)21/h3-8,11H,1-2,9-10H2/b8-6+. The largest absolute Gasteiger partial charge is 0.332 e. The van der Waals surface area contributed by atoms with Gasteiger partial charge in [0.05, 0.1) is 4.92 Å². The molecular weight excluding hydrogens is 292 g/mol. The Kier molecular flexibility index (Phi) is 6.36.